The molecule has 1 fully saturated rings. The van der Waals surface area contributed by atoms with E-state index < -0.39 is 17.5 Å². The monoisotopic (exact) mass is 425 g/mol. The number of allylic oxidation sites excluding steroid dienone is 1. The number of nitrogens with one attached hydrogen (secondary N) is 1. The Hall–Kier alpha value is -3.06. The second-order valence-corrected chi connectivity index (χ2v) is 8.29. The molecule has 3 aliphatic heterocycles. The minimum atomic E-state index is -1.01. The largest absolute Gasteiger partial charge is 0.348 e. The van der Waals surface area contributed by atoms with Crippen LogP contribution in [-0.2, 0) is 24.3 Å². The number of amides is 1. The second-order valence-electron chi connectivity index (χ2n) is 8.29. The lowest BCUT2D eigenvalue weighted by molar-refractivity contribution is -0.117. The van der Waals surface area contributed by atoms with E-state index in [4.69, 9.17) is 0 Å². The number of halogens is 3. The normalized spacial score (nSPS) is 22.0. The summed E-state index contributed by atoms with van der Waals surface area (Å²) in [5, 5.41) is 2.57. The van der Waals surface area contributed by atoms with Crippen LogP contribution in [0.1, 0.15) is 23.1 Å². The summed E-state index contributed by atoms with van der Waals surface area (Å²) >= 11 is 0. The molecule has 3 heterocycles. The molecule has 3 aliphatic rings. The van der Waals surface area contributed by atoms with E-state index in [0.29, 0.717) is 24.1 Å². The van der Waals surface area contributed by atoms with Gasteiger partial charge in [0.25, 0.3) is 0 Å². The molecule has 0 radical (unpaired) electrons. The number of rotatable bonds is 3. The minimum Gasteiger partial charge on any atom is -0.348 e. The summed E-state index contributed by atoms with van der Waals surface area (Å²) in [6.07, 6.45) is 5.28. The molecule has 2 bridgehead atoms. The quantitative estimate of drug-likeness (QED) is 0.816. The summed E-state index contributed by atoms with van der Waals surface area (Å²) < 4.78 is 40.8. The summed E-state index contributed by atoms with van der Waals surface area (Å²) in [6, 6.07) is 9.90. The van der Waals surface area contributed by atoms with Crippen molar-refractivity contribution in [2.24, 2.45) is 0 Å². The molecule has 31 heavy (non-hydrogen) atoms. The first-order valence-corrected chi connectivity index (χ1v) is 10.4. The molecule has 2 atom stereocenters. The van der Waals surface area contributed by atoms with Crippen LogP contribution in [-0.4, -0.2) is 34.8 Å². The fraction of sp³-hybridized carbons (Fsp3) is 0.292. The van der Waals surface area contributed by atoms with E-state index in [0.717, 1.165) is 26.1 Å². The Kier molecular flexibility index (Phi) is 5.06. The number of hydrogen-bond donors (Lipinski definition) is 1. The zero-order valence-corrected chi connectivity index (χ0v) is 16.9. The van der Waals surface area contributed by atoms with Gasteiger partial charge in [0.2, 0.25) is 5.91 Å². The Balaban J connectivity index is 1.33. The van der Waals surface area contributed by atoms with Crippen LogP contribution >= 0.6 is 0 Å². The van der Waals surface area contributed by atoms with Gasteiger partial charge in [-0.2, -0.15) is 0 Å². The average Bonchev–Trinajstić information content (AvgIpc) is 2.88. The first-order valence-electron chi connectivity index (χ1n) is 10.4. The van der Waals surface area contributed by atoms with Crippen LogP contribution < -0.4 is 5.32 Å². The second kappa shape index (κ2) is 7.89. The third kappa shape index (κ3) is 3.85. The van der Waals surface area contributed by atoms with Crippen molar-refractivity contribution >= 4 is 5.91 Å². The van der Waals surface area contributed by atoms with Crippen molar-refractivity contribution in [1.82, 2.24) is 15.1 Å². The number of nitrogens with zero attached hydrogens (tertiary/aromatic N) is 2. The molecule has 0 saturated carbocycles. The fourth-order valence-electron chi connectivity index (χ4n) is 4.67. The lowest BCUT2D eigenvalue weighted by atomic mass is 9.98. The van der Waals surface area contributed by atoms with Gasteiger partial charge in [-0.1, -0.05) is 30.3 Å². The molecule has 7 heteroatoms. The van der Waals surface area contributed by atoms with Gasteiger partial charge in [0.1, 0.15) is 17.5 Å². The topological polar surface area (TPSA) is 35.6 Å². The fourth-order valence-corrected chi connectivity index (χ4v) is 4.67. The average molecular weight is 425 g/mol. The molecule has 1 N–H and O–H groups in total. The van der Waals surface area contributed by atoms with E-state index >= 15 is 0 Å². The van der Waals surface area contributed by atoms with Gasteiger partial charge in [-0.05, 0) is 24.0 Å². The zero-order valence-electron chi connectivity index (χ0n) is 16.9. The highest BCUT2D eigenvalue weighted by Crippen LogP contribution is 2.32. The van der Waals surface area contributed by atoms with Gasteiger partial charge in [0.15, 0.2) is 0 Å². The van der Waals surface area contributed by atoms with E-state index in [1.807, 2.05) is 6.20 Å². The maximum Gasteiger partial charge on any atom is 0.249 e. The van der Waals surface area contributed by atoms with Crippen molar-refractivity contribution in [2.45, 2.75) is 32.0 Å². The molecule has 4 nitrogen and oxygen atoms in total. The maximum atomic E-state index is 13.9. The van der Waals surface area contributed by atoms with Crippen molar-refractivity contribution < 1.29 is 18.0 Å². The van der Waals surface area contributed by atoms with Gasteiger partial charge in [-0.3, -0.25) is 9.69 Å². The van der Waals surface area contributed by atoms with Crippen molar-refractivity contribution in [3.63, 3.8) is 0 Å². The molecular formula is C24H22F3N3O. The highest BCUT2D eigenvalue weighted by molar-refractivity contribution is 5.93. The van der Waals surface area contributed by atoms with E-state index in [-0.39, 0.29) is 24.1 Å². The van der Waals surface area contributed by atoms with Crippen LogP contribution in [0.2, 0.25) is 0 Å². The number of benzene rings is 2. The third-order valence-corrected chi connectivity index (χ3v) is 6.22. The van der Waals surface area contributed by atoms with Crippen molar-refractivity contribution in [2.75, 3.05) is 13.1 Å². The summed E-state index contributed by atoms with van der Waals surface area (Å²) in [7, 11) is 0. The molecule has 5 rings (SSSR count). The van der Waals surface area contributed by atoms with E-state index in [2.05, 4.69) is 45.5 Å². The highest BCUT2D eigenvalue weighted by Gasteiger charge is 2.34. The molecule has 1 amide bonds. The third-order valence-electron chi connectivity index (χ3n) is 6.22. The molecule has 2 unspecified atom stereocenters. The SMILES string of the molecule is O=C(NCc1c(F)cc(F)cc1F)C1=CN2C(=CC1)CN1Cc3ccccc3CC2C1. The zero-order chi connectivity index (χ0) is 21.5. The Labute approximate surface area is 178 Å². The van der Waals surface area contributed by atoms with Crippen LogP contribution in [0.15, 0.2) is 59.9 Å². The van der Waals surface area contributed by atoms with Crippen molar-refractivity contribution in [1.29, 1.82) is 0 Å². The number of carbonyl (C=O) groups excluding carboxylic acids is 1. The van der Waals surface area contributed by atoms with Gasteiger partial charge in [-0.25, -0.2) is 13.2 Å². The molecule has 2 aromatic rings. The van der Waals surface area contributed by atoms with Gasteiger partial charge in [0.05, 0.1) is 6.04 Å². The molecule has 0 spiro atoms. The Bertz CT molecular complexity index is 1090. The Morgan fingerprint density at radius 1 is 1.06 bits per heavy atom. The predicted octanol–water partition coefficient (Wildman–Crippen LogP) is 3.63. The maximum absolute atomic E-state index is 13.9. The van der Waals surface area contributed by atoms with E-state index in [9.17, 15) is 18.0 Å². The van der Waals surface area contributed by atoms with Crippen LogP contribution in [0.25, 0.3) is 0 Å². The van der Waals surface area contributed by atoms with Crippen LogP contribution in [0.5, 0.6) is 0 Å². The first-order chi connectivity index (χ1) is 15.0. The smallest absolute Gasteiger partial charge is 0.249 e. The summed E-state index contributed by atoms with van der Waals surface area (Å²) in [4.78, 5) is 17.3. The van der Waals surface area contributed by atoms with Crippen LogP contribution in [0.4, 0.5) is 13.2 Å². The number of carbonyl (C=O) groups is 1. The molecule has 1 saturated heterocycles. The summed E-state index contributed by atoms with van der Waals surface area (Å²) in [6.45, 7) is 2.31. The van der Waals surface area contributed by atoms with Crippen molar-refractivity contribution in [3.05, 3.63) is 94.1 Å². The highest BCUT2D eigenvalue weighted by atomic mass is 19.1. The number of fused-ring (bicyclic) bond motifs is 5. The summed E-state index contributed by atoms with van der Waals surface area (Å²) in [5.41, 5.74) is 4.03. The van der Waals surface area contributed by atoms with Crippen LogP contribution in [0.3, 0.4) is 0 Å². The van der Waals surface area contributed by atoms with Gasteiger partial charge in [0, 0.05) is 61.3 Å². The Morgan fingerprint density at radius 2 is 1.81 bits per heavy atom. The Morgan fingerprint density at radius 3 is 2.58 bits per heavy atom. The lowest BCUT2D eigenvalue weighted by Gasteiger charge is -2.43. The van der Waals surface area contributed by atoms with Gasteiger partial charge < -0.3 is 10.2 Å². The first kappa shape index (κ1) is 19.9. The van der Waals surface area contributed by atoms with Gasteiger partial charge >= 0.3 is 0 Å². The number of hydrogen-bond acceptors (Lipinski definition) is 3. The number of piperazine rings is 1. The molecule has 0 aliphatic carbocycles. The summed E-state index contributed by atoms with van der Waals surface area (Å²) in [5.74, 6) is -3.38. The molecular weight excluding hydrogens is 403 g/mol. The van der Waals surface area contributed by atoms with Gasteiger partial charge in [-0.15, -0.1) is 0 Å². The standard InChI is InChI=1S/C24H22F3N3O/c25-18-8-22(26)21(23(27)9-18)10-28-24(31)17-5-6-19-13-29-11-16-4-2-1-3-15(16)7-20(14-29)30(19)12-17/h1-4,6,8-9,12,20H,5,7,10-11,13-14H2,(H,28,31). The van der Waals surface area contributed by atoms with E-state index in [1.54, 1.807) is 0 Å². The molecule has 160 valence electrons. The van der Waals surface area contributed by atoms with Crippen molar-refractivity contribution in [3.8, 4) is 0 Å². The minimum absolute atomic E-state index is 0.221. The predicted molar refractivity (Wildman–Crippen MR) is 110 cm³/mol. The van der Waals surface area contributed by atoms with E-state index in [1.165, 1.54) is 16.8 Å². The molecule has 0 aromatic heterocycles. The molecule has 2 aromatic carbocycles. The van der Waals surface area contributed by atoms with Crippen LogP contribution in [0, 0.1) is 17.5 Å². The lowest BCUT2D eigenvalue weighted by Crippen LogP contribution is -2.49.